The second-order valence-corrected chi connectivity index (χ2v) is 5.70. The molecule has 0 aliphatic carbocycles. The Morgan fingerprint density at radius 2 is 2.11 bits per heavy atom. The summed E-state index contributed by atoms with van der Waals surface area (Å²) in [7, 11) is 0. The number of aromatic nitrogens is 1. The highest BCUT2D eigenvalue weighted by atomic mass is 79.9. The quantitative estimate of drug-likeness (QED) is 0.701. The lowest BCUT2D eigenvalue weighted by atomic mass is 10.2. The molecule has 0 saturated heterocycles. The number of hydrogen-bond donors (Lipinski definition) is 0. The van der Waals surface area contributed by atoms with Gasteiger partial charge in [0.1, 0.15) is 12.4 Å². The van der Waals surface area contributed by atoms with Crippen LogP contribution in [-0.4, -0.2) is 4.98 Å². The van der Waals surface area contributed by atoms with Crippen LogP contribution < -0.4 is 4.74 Å². The zero-order chi connectivity index (χ0) is 12.4. The average molecular weight is 320 g/mol. The minimum Gasteiger partial charge on any atom is -0.486 e. The number of para-hydroxylation sites is 1. The Morgan fingerprint density at radius 3 is 2.94 bits per heavy atom. The highest BCUT2D eigenvalue weighted by Gasteiger charge is 2.03. The number of hydrogen-bond acceptors (Lipinski definition) is 3. The molecule has 3 aromatic rings. The van der Waals surface area contributed by atoms with Crippen LogP contribution in [-0.2, 0) is 6.61 Å². The van der Waals surface area contributed by atoms with Crippen LogP contribution >= 0.6 is 27.3 Å². The summed E-state index contributed by atoms with van der Waals surface area (Å²) in [6.45, 7) is 0.568. The van der Waals surface area contributed by atoms with E-state index in [1.807, 2.05) is 41.8 Å². The summed E-state index contributed by atoms with van der Waals surface area (Å²) in [5.41, 5.74) is 0.988. The molecule has 0 aliphatic heterocycles. The molecular formula is C14H10BrNOS. The molecular weight excluding hydrogens is 310 g/mol. The first-order chi connectivity index (χ1) is 8.83. The predicted octanol–water partition coefficient (Wildman–Crippen LogP) is 4.64. The number of ether oxygens (including phenoxy) is 1. The lowest BCUT2D eigenvalue weighted by Gasteiger charge is -2.05. The largest absolute Gasteiger partial charge is 0.486 e. The average Bonchev–Trinajstić information content (AvgIpc) is 2.82. The Labute approximate surface area is 117 Å². The van der Waals surface area contributed by atoms with Gasteiger partial charge in [-0.1, -0.05) is 18.2 Å². The second-order valence-electron chi connectivity index (χ2n) is 3.84. The van der Waals surface area contributed by atoms with Gasteiger partial charge in [0.05, 0.1) is 16.6 Å². The minimum atomic E-state index is 0.568. The molecule has 0 saturated carbocycles. The van der Waals surface area contributed by atoms with Crippen molar-refractivity contribution in [3.63, 3.8) is 0 Å². The molecule has 3 rings (SSSR count). The smallest absolute Gasteiger partial charge is 0.138 e. The number of fused-ring (bicyclic) bond motifs is 1. The first kappa shape index (κ1) is 11.7. The first-order valence-corrected chi connectivity index (χ1v) is 7.20. The summed E-state index contributed by atoms with van der Waals surface area (Å²) in [5.74, 6) is 0.800. The van der Waals surface area contributed by atoms with Crippen molar-refractivity contribution >= 4 is 38.2 Å². The van der Waals surface area contributed by atoms with Gasteiger partial charge in [0, 0.05) is 9.86 Å². The Hall–Kier alpha value is -1.39. The van der Waals surface area contributed by atoms with Gasteiger partial charge in [0.15, 0.2) is 0 Å². The topological polar surface area (TPSA) is 22.1 Å². The number of benzene rings is 1. The molecule has 2 nitrogen and oxygen atoms in total. The number of rotatable bonds is 3. The van der Waals surface area contributed by atoms with E-state index in [-0.39, 0.29) is 0 Å². The van der Waals surface area contributed by atoms with Crippen LogP contribution in [0.1, 0.15) is 4.88 Å². The molecule has 0 radical (unpaired) electrons. The highest BCUT2D eigenvalue weighted by Crippen LogP contribution is 2.25. The van der Waals surface area contributed by atoms with Crippen LogP contribution in [0.3, 0.4) is 0 Å². The number of thiophene rings is 1. The normalized spacial score (nSPS) is 10.7. The third-order valence-electron chi connectivity index (χ3n) is 2.63. The molecule has 18 heavy (non-hydrogen) atoms. The Kier molecular flexibility index (Phi) is 3.30. The van der Waals surface area contributed by atoms with E-state index in [9.17, 15) is 0 Å². The van der Waals surface area contributed by atoms with Gasteiger partial charge in [-0.25, -0.2) is 0 Å². The van der Waals surface area contributed by atoms with E-state index in [0.29, 0.717) is 6.61 Å². The van der Waals surface area contributed by atoms with Crippen LogP contribution in [0.5, 0.6) is 5.75 Å². The predicted molar refractivity (Wildman–Crippen MR) is 78.1 cm³/mol. The van der Waals surface area contributed by atoms with Gasteiger partial charge in [-0.2, -0.15) is 0 Å². The van der Waals surface area contributed by atoms with Crippen molar-refractivity contribution < 1.29 is 4.74 Å². The molecule has 0 spiro atoms. The van der Waals surface area contributed by atoms with E-state index >= 15 is 0 Å². The van der Waals surface area contributed by atoms with E-state index in [2.05, 4.69) is 20.9 Å². The standard InChI is InChI=1S/C14H10BrNOS/c15-12-5-6-18-14(12)9-17-11-7-10-3-1-2-4-13(10)16-8-11/h1-8H,9H2. The van der Waals surface area contributed by atoms with Crippen molar-refractivity contribution in [2.75, 3.05) is 0 Å². The summed E-state index contributed by atoms with van der Waals surface area (Å²) in [5, 5.41) is 3.14. The van der Waals surface area contributed by atoms with Gasteiger partial charge in [0.25, 0.3) is 0 Å². The fourth-order valence-electron chi connectivity index (χ4n) is 1.71. The lowest BCUT2D eigenvalue weighted by Crippen LogP contribution is -1.94. The lowest BCUT2D eigenvalue weighted by molar-refractivity contribution is 0.308. The van der Waals surface area contributed by atoms with Crippen molar-refractivity contribution in [1.29, 1.82) is 0 Å². The molecule has 90 valence electrons. The van der Waals surface area contributed by atoms with Gasteiger partial charge in [0.2, 0.25) is 0 Å². The van der Waals surface area contributed by atoms with E-state index in [1.165, 1.54) is 4.88 Å². The molecule has 0 unspecified atom stereocenters. The van der Waals surface area contributed by atoms with Crippen LogP contribution in [0.25, 0.3) is 10.9 Å². The van der Waals surface area contributed by atoms with E-state index in [1.54, 1.807) is 17.5 Å². The first-order valence-electron chi connectivity index (χ1n) is 5.52. The van der Waals surface area contributed by atoms with Crippen molar-refractivity contribution in [2.24, 2.45) is 0 Å². The third-order valence-corrected chi connectivity index (χ3v) is 4.53. The van der Waals surface area contributed by atoms with Crippen molar-refractivity contribution in [3.05, 3.63) is 57.3 Å². The molecule has 2 heterocycles. The molecule has 4 heteroatoms. The Bertz CT molecular complexity index is 680. The maximum Gasteiger partial charge on any atom is 0.138 e. The summed E-state index contributed by atoms with van der Waals surface area (Å²) in [4.78, 5) is 5.55. The van der Waals surface area contributed by atoms with Gasteiger partial charge in [-0.15, -0.1) is 11.3 Å². The summed E-state index contributed by atoms with van der Waals surface area (Å²) in [6.07, 6.45) is 1.77. The van der Waals surface area contributed by atoms with Crippen LogP contribution in [0.2, 0.25) is 0 Å². The summed E-state index contributed by atoms with van der Waals surface area (Å²) in [6, 6.07) is 12.1. The minimum absolute atomic E-state index is 0.568. The van der Waals surface area contributed by atoms with Gasteiger partial charge < -0.3 is 4.74 Å². The number of pyridine rings is 1. The van der Waals surface area contributed by atoms with Crippen molar-refractivity contribution in [2.45, 2.75) is 6.61 Å². The highest BCUT2D eigenvalue weighted by molar-refractivity contribution is 9.10. The Balaban J connectivity index is 1.81. The van der Waals surface area contributed by atoms with Gasteiger partial charge >= 0.3 is 0 Å². The fourth-order valence-corrected chi connectivity index (χ4v) is 3.08. The second kappa shape index (κ2) is 5.08. The van der Waals surface area contributed by atoms with Crippen LogP contribution in [0.15, 0.2) is 52.4 Å². The maximum atomic E-state index is 5.76. The fraction of sp³-hybridized carbons (Fsp3) is 0.0714. The summed E-state index contributed by atoms with van der Waals surface area (Å²) >= 11 is 5.17. The zero-order valence-electron chi connectivity index (χ0n) is 9.47. The third kappa shape index (κ3) is 2.40. The number of nitrogens with zero attached hydrogens (tertiary/aromatic N) is 1. The molecule has 2 aromatic heterocycles. The molecule has 0 atom stereocenters. The maximum absolute atomic E-state index is 5.76. The SMILES string of the molecule is Brc1ccsc1COc1cnc2ccccc2c1. The molecule has 0 aliphatic rings. The monoisotopic (exact) mass is 319 g/mol. The summed E-state index contributed by atoms with van der Waals surface area (Å²) < 4.78 is 6.86. The van der Waals surface area contributed by atoms with Crippen molar-refractivity contribution in [1.82, 2.24) is 4.98 Å². The molecule has 0 fully saturated rings. The molecule has 0 N–H and O–H groups in total. The zero-order valence-corrected chi connectivity index (χ0v) is 11.9. The van der Waals surface area contributed by atoms with Crippen molar-refractivity contribution in [3.8, 4) is 5.75 Å². The van der Waals surface area contributed by atoms with E-state index < -0.39 is 0 Å². The molecule has 1 aromatic carbocycles. The number of halogens is 1. The van der Waals surface area contributed by atoms with Crippen LogP contribution in [0, 0.1) is 0 Å². The molecule has 0 amide bonds. The van der Waals surface area contributed by atoms with Gasteiger partial charge in [-0.05, 0) is 39.5 Å². The molecule has 0 bridgehead atoms. The van der Waals surface area contributed by atoms with Gasteiger partial charge in [-0.3, -0.25) is 4.98 Å². The van der Waals surface area contributed by atoms with E-state index in [4.69, 9.17) is 4.74 Å². The Morgan fingerprint density at radius 1 is 1.22 bits per heavy atom. The van der Waals surface area contributed by atoms with E-state index in [0.717, 1.165) is 21.1 Å². The van der Waals surface area contributed by atoms with Crippen LogP contribution in [0.4, 0.5) is 0 Å².